The molecule has 0 saturated carbocycles. The molecule has 7 heteroatoms. The van der Waals surface area contributed by atoms with E-state index in [0.29, 0.717) is 6.07 Å². The van der Waals surface area contributed by atoms with Gasteiger partial charge in [-0.2, -0.15) is 13.2 Å². The van der Waals surface area contributed by atoms with Gasteiger partial charge in [-0.15, -0.1) is 0 Å². The first-order chi connectivity index (χ1) is 6.45. The molecule has 4 nitrogen and oxygen atoms in total. The predicted molar refractivity (Wildman–Crippen MR) is 41.9 cm³/mol. The molecule has 0 amide bonds. The molecule has 0 fully saturated rings. The van der Waals surface area contributed by atoms with Crippen LogP contribution in [0.25, 0.3) is 10.4 Å². The summed E-state index contributed by atoms with van der Waals surface area (Å²) in [5.41, 5.74) is 6.29. The van der Waals surface area contributed by atoms with Gasteiger partial charge in [-0.05, 0) is 23.7 Å². The Morgan fingerprint density at radius 2 is 2.00 bits per heavy atom. The third-order valence-electron chi connectivity index (χ3n) is 1.44. The van der Waals surface area contributed by atoms with Crippen molar-refractivity contribution >= 4 is 5.69 Å². The number of benzene rings is 1. The largest absolute Gasteiger partial charge is 0.508 e. The van der Waals surface area contributed by atoms with E-state index >= 15 is 0 Å². The van der Waals surface area contributed by atoms with Gasteiger partial charge in [0.1, 0.15) is 5.75 Å². The van der Waals surface area contributed by atoms with Crippen LogP contribution in [0.2, 0.25) is 0 Å². The SMILES string of the molecule is [N-]=[N+]=Nc1ccc(O)cc1C(F)(F)F. The molecule has 0 aliphatic carbocycles. The zero-order chi connectivity index (χ0) is 10.8. The van der Waals surface area contributed by atoms with Crippen LogP contribution in [-0.4, -0.2) is 5.11 Å². The van der Waals surface area contributed by atoms with E-state index in [4.69, 9.17) is 10.6 Å². The van der Waals surface area contributed by atoms with Crippen LogP contribution in [0.1, 0.15) is 5.56 Å². The van der Waals surface area contributed by atoms with Gasteiger partial charge in [0.05, 0.1) is 5.56 Å². The highest BCUT2D eigenvalue weighted by atomic mass is 19.4. The van der Waals surface area contributed by atoms with E-state index in [1.54, 1.807) is 0 Å². The lowest BCUT2D eigenvalue weighted by Crippen LogP contribution is -2.04. The quantitative estimate of drug-likeness (QED) is 0.424. The van der Waals surface area contributed by atoms with Crippen molar-refractivity contribution in [2.45, 2.75) is 6.18 Å². The normalized spacial score (nSPS) is 10.8. The van der Waals surface area contributed by atoms with Gasteiger partial charge in [0.15, 0.2) is 0 Å². The summed E-state index contributed by atoms with van der Waals surface area (Å²) in [6.45, 7) is 0. The molecule has 1 aromatic carbocycles. The maximum absolute atomic E-state index is 12.3. The van der Waals surface area contributed by atoms with Gasteiger partial charge >= 0.3 is 6.18 Å². The molecule has 1 N–H and O–H groups in total. The molecular formula is C7H4F3N3O. The fourth-order valence-corrected chi connectivity index (χ4v) is 0.886. The molecule has 0 heterocycles. The zero-order valence-corrected chi connectivity index (χ0v) is 6.65. The van der Waals surface area contributed by atoms with E-state index in [9.17, 15) is 13.2 Å². The second-order valence-corrected chi connectivity index (χ2v) is 2.39. The fraction of sp³-hybridized carbons (Fsp3) is 0.143. The summed E-state index contributed by atoms with van der Waals surface area (Å²) in [7, 11) is 0. The minimum atomic E-state index is -4.65. The molecule has 0 atom stereocenters. The zero-order valence-electron chi connectivity index (χ0n) is 6.65. The van der Waals surface area contributed by atoms with Gasteiger partial charge in [-0.3, -0.25) is 0 Å². The average Bonchev–Trinajstić information content (AvgIpc) is 2.07. The van der Waals surface area contributed by atoms with Gasteiger partial charge in [0.2, 0.25) is 0 Å². The van der Waals surface area contributed by atoms with E-state index in [2.05, 4.69) is 10.0 Å². The van der Waals surface area contributed by atoms with Crippen molar-refractivity contribution in [1.29, 1.82) is 0 Å². The smallest absolute Gasteiger partial charge is 0.416 e. The summed E-state index contributed by atoms with van der Waals surface area (Å²) in [6.07, 6.45) is -4.65. The summed E-state index contributed by atoms with van der Waals surface area (Å²) in [5, 5.41) is 11.7. The number of aromatic hydroxyl groups is 1. The number of hydrogen-bond acceptors (Lipinski definition) is 2. The summed E-state index contributed by atoms with van der Waals surface area (Å²) in [4.78, 5) is 2.25. The topological polar surface area (TPSA) is 69.0 Å². The lowest BCUT2D eigenvalue weighted by Gasteiger charge is -2.09. The Balaban J connectivity index is 3.37. The number of nitrogens with zero attached hydrogens (tertiary/aromatic N) is 3. The summed E-state index contributed by atoms with van der Waals surface area (Å²) >= 11 is 0. The van der Waals surface area contributed by atoms with Gasteiger partial charge in [0, 0.05) is 10.6 Å². The van der Waals surface area contributed by atoms with Crippen molar-refractivity contribution in [3.05, 3.63) is 34.2 Å². The third kappa shape index (κ3) is 2.08. The van der Waals surface area contributed by atoms with Gasteiger partial charge in [0.25, 0.3) is 0 Å². The van der Waals surface area contributed by atoms with Crippen molar-refractivity contribution in [2.75, 3.05) is 0 Å². The molecule has 0 unspecified atom stereocenters. The highest BCUT2D eigenvalue weighted by Gasteiger charge is 2.33. The Labute approximate surface area is 76.2 Å². The molecule has 0 aromatic heterocycles. The second-order valence-electron chi connectivity index (χ2n) is 2.39. The molecule has 1 aromatic rings. The monoisotopic (exact) mass is 203 g/mol. The Morgan fingerprint density at radius 3 is 2.50 bits per heavy atom. The van der Waals surface area contributed by atoms with Crippen LogP contribution in [0.5, 0.6) is 5.75 Å². The number of halogens is 3. The first-order valence-corrected chi connectivity index (χ1v) is 3.40. The van der Waals surface area contributed by atoms with Gasteiger partial charge in [-0.1, -0.05) is 5.11 Å². The summed E-state index contributed by atoms with van der Waals surface area (Å²) in [5.74, 6) is -0.533. The number of hydrogen-bond donors (Lipinski definition) is 1. The standard InChI is InChI=1S/C7H4F3N3O/c8-7(9,10)5-3-4(14)1-2-6(5)12-13-11/h1-3,14H. The highest BCUT2D eigenvalue weighted by molar-refractivity contribution is 5.50. The van der Waals surface area contributed by atoms with Crippen LogP contribution < -0.4 is 0 Å². The molecule has 0 saturated heterocycles. The van der Waals surface area contributed by atoms with E-state index in [1.165, 1.54) is 0 Å². The number of alkyl halides is 3. The molecule has 0 spiro atoms. The lowest BCUT2D eigenvalue weighted by atomic mass is 10.1. The van der Waals surface area contributed by atoms with E-state index in [-0.39, 0.29) is 0 Å². The minimum Gasteiger partial charge on any atom is -0.508 e. The Hall–Kier alpha value is -1.88. The molecule has 14 heavy (non-hydrogen) atoms. The molecule has 0 aliphatic rings. The van der Waals surface area contributed by atoms with Crippen LogP contribution in [0, 0.1) is 0 Å². The average molecular weight is 203 g/mol. The maximum Gasteiger partial charge on any atom is 0.416 e. The number of azide groups is 1. The van der Waals surface area contributed by atoms with Crippen molar-refractivity contribution in [3.63, 3.8) is 0 Å². The molecule has 1 rings (SSSR count). The molecule has 0 radical (unpaired) electrons. The number of phenols is 1. The van der Waals surface area contributed by atoms with Gasteiger partial charge in [-0.25, -0.2) is 0 Å². The Kier molecular flexibility index (Phi) is 2.53. The third-order valence-corrected chi connectivity index (χ3v) is 1.44. The van der Waals surface area contributed by atoms with Crippen LogP contribution in [0.4, 0.5) is 18.9 Å². The first-order valence-electron chi connectivity index (χ1n) is 3.40. The molecule has 74 valence electrons. The molecule has 0 bridgehead atoms. The van der Waals surface area contributed by atoms with E-state index < -0.39 is 23.2 Å². The van der Waals surface area contributed by atoms with Crippen LogP contribution in [0.15, 0.2) is 23.3 Å². The van der Waals surface area contributed by atoms with Gasteiger partial charge < -0.3 is 5.11 Å². The first kappa shape index (κ1) is 10.2. The Bertz CT molecular complexity index is 396. The number of phenolic OH excluding ortho intramolecular Hbond substituents is 1. The van der Waals surface area contributed by atoms with Crippen molar-refractivity contribution < 1.29 is 18.3 Å². The fourth-order valence-electron chi connectivity index (χ4n) is 0.886. The highest BCUT2D eigenvalue weighted by Crippen LogP contribution is 2.38. The Morgan fingerprint density at radius 1 is 1.36 bits per heavy atom. The number of rotatable bonds is 1. The van der Waals surface area contributed by atoms with Crippen LogP contribution in [0.3, 0.4) is 0 Å². The van der Waals surface area contributed by atoms with Crippen molar-refractivity contribution in [3.8, 4) is 5.75 Å². The lowest BCUT2D eigenvalue weighted by molar-refractivity contribution is -0.137. The van der Waals surface area contributed by atoms with Crippen LogP contribution >= 0.6 is 0 Å². The van der Waals surface area contributed by atoms with Crippen LogP contribution in [-0.2, 0) is 6.18 Å². The second kappa shape index (κ2) is 3.47. The summed E-state index contributed by atoms with van der Waals surface area (Å²) < 4.78 is 36.8. The van der Waals surface area contributed by atoms with E-state index in [1.807, 2.05) is 0 Å². The minimum absolute atomic E-state index is 0.504. The predicted octanol–water partition coefficient (Wildman–Crippen LogP) is 3.35. The van der Waals surface area contributed by atoms with E-state index in [0.717, 1.165) is 12.1 Å². The summed E-state index contributed by atoms with van der Waals surface area (Å²) in [6, 6.07) is 2.42. The van der Waals surface area contributed by atoms with Crippen molar-refractivity contribution in [1.82, 2.24) is 0 Å². The van der Waals surface area contributed by atoms with Crippen molar-refractivity contribution in [2.24, 2.45) is 5.11 Å². The molecule has 0 aliphatic heterocycles. The maximum atomic E-state index is 12.3. The molecular weight excluding hydrogens is 199 g/mol.